The minimum Gasteiger partial charge on any atom is -0.385 e. The van der Waals surface area contributed by atoms with Crippen LogP contribution in [0.1, 0.15) is 64.4 Å². The van der Waals surface area contributed by atoms with Crippen molar-refractivity contribution in [2.45, 2.75) is 70.4 Å². The molecule has 8 nitrogen and oxygen atoms in total. The van der Waals surface area contributed by atoms with Gasteiger partial charge in [-0.05, 0) is 43.4 Å². The maximum Gasteiger partial charge on any atom is 0.248 e. The number of hydrogen-bond donors (Lipinski definition) is 4. The molecule has 2 amide bonds. The van der Waals surface area contributed by atoms with E-state index in [0.717, 1.165) is 31.2 Å². The van der Waals surface area contributed by atoms with Crippen LogP contribution in [0.25, 0.3) is 0 Å². The van der Waals surface area contributed by atoms with Gasteiger partial charge in [-0.15, -0.1) is 0 Å². The number of nitrogens with zero attached hydrogens (tertiary/aromatic N) is 2. The first kappa shape index (κ1) is 26.4. The third-order valence-electron chi connectivity index (χ3n) is 7.36. The molecule has 2 aliphatic rings. The van der Waals surface area contributed by atoms with E-state index in [9.17, 15) is 14.7 Å². The van der Waals surface area contributed by atoms with Crippen molar-refractivity contribution >= 4 is 29.4 Å². The van der Waals surface area contributed by atoms with E-state index in [1.54, 1.807) is 12.1 Å². The molecule has 3 rings (SSSR count). The third-order valence-corrected chi connectivity index (χ3v) is 7.61. The van der Waals surface area contributed by atoms with Gasteiger partial charge in [0.15, 0.2) is 5.96 Å². The lowest BCUT2D eigenvalue weighted by Gasteiger charge is -2.51. The predicted octanol–water partition coefficient (Wildman–Crippen LogP) is 2.51. The molecule has 2 atom stereocenters. The van der Waals surface area contributed by atoms with Crippen LogP contribution in [0, 0.1) is 11.3 Å². The van der Waals surface area contributed by atoms with E-state index >= 15 is 0 Å². The van der Waals surface area contributed by atoms with E-state index in [4.69, 9.17) is 23.1 Å². The lowest BCUT2D eigenvalue weighted by Crippen LogP contribution is -2.57. The number of nitrogens with one attached hydrogen (secondary N) is 1. The van der Waals surface area contributed by atoms with Gasteiger partial charge in [0.05, 0.1) is 5.60 Å². The Labute approximate surface area is 207 Å². The number of aliphatic hydroxyl groups is 1. The summed E-state index contributed by atoms with van der Waals surface area (Å²) in [5, 5.41) is 15.5. The SMILES string of the molecule is CC1(C)CN(CC(CCC(=O)N=C(N)N)NC(=O)C2CCCC2)CCC1(O)c1ccc(Cl)cc1. The zero-order valence-electron chi connectivity index (χ0n) is 20.2. The minimum atomic E-state index is -0.986. The van der Waals surface area contributed by atoms with Crippen LogP contribution < -0.4 is 16.8 Å². The first-order valence-electron chi connectivity index (χ1n) is 12.1. The van der Waals surface area contributed by atoms with Gasteiger partial charge in [0, 0.05) is 48.5 Å². The summed E-state index contributed by atoms with van der Waals surface area (Å²) >= 11 is 6.05. The van der Waals surface area contributed by atoms with Crippen LogP contribution >= 0.6 is 11.6 Å². The van der Waals surface area contributed by atoms with Crippen LogP contribution in [-0.2, 0) is 15.2 Å². The number of amides is 2. The number of carbonyl (C=O) groups is 2. The first-order chi connectivity index (χ1) is 16.0. The van der Waals surface area contributed by atoms with Crippen molar-refractivity contribution in [1.29, 1.82) is 0 Å². The van der Waals surface area contributed by atoms with Gasteiger partial charge >= 0.3 is 0 Å². The zero-order valence-corrected chi connectivity index (χ0v) is 21.0. The average Bonchev–Trinajstić information content (AvgIpc) is 3.29. The molecule has 188 valence electrons. The van der Waals surface area contributed by atoms with Gasteiger partial charge in [-0.3, -0.25) is 9.59 Å². The van der Waals surface area contributed by atoms with E-state index in [0.29, 0.717) is 37.5 Å². The molecule has 34 heavy (non-hydrogen) atoms. The number of halogens is 1. The molecule has 0 bridgehead atoms. The van der Waals surface area contributed by atoms with E-state index in [1.807, 2.05) is 12.1 Å². The quantitative estimate of drug-likeness (QED) is 0.326. The van der Waals surface area contributed by atoms with Crippen LogP contribution in [0.3, 0.4) is 0 Å². The van der Waals surface area contributed by atoms with Crippen molar-refractivity contribution < 1.29 is 14.7 Å². The predicted molar refractivity (Wildman–Crippen MR) is 134 cm³/mol. The molecule has 1 aliphatic carbocycles. The summed E-state index contributed by atoms with van der Waals surface area (Å²) in [7, 11) is 0. The molecule has 1 saturated carbocycles. The zero-order chi connectivity index (χ0) is 24.9. The lowest BCUT2D eigenvalue weighted by molar-refractivity contribution is -0.130. The second kappa shape index (κ2) is 11.1. The Kier molecular flexibility index (Phi) is 8.60. The highest BCUT2D eigenvalue weighted by Gasteiger charge is 2.48. The smallest absolute Gasteiger partial charge is 0.248 e. The summed E-state index contributed by atoms with van der Waals surface area (Å²) in [5.41, 5.74) is 10.1. The van der Waals surface area contributed by atoms with Crippen molar-refractivity contribution in [1.82, 2.24) is 10.2 Å². The van der Waals surface area contributed by atoms with Crippen molar-refractivity contribution in [3.8, 4) is 0 Å². The van der Waals surface area contributed by atoms with Gasteiger partial charge in [-0.25, -0.2) is 0 Å². The Morgan fingerprint density at radius 3 is 2.47 bits per heavy atom. The highest BCUT2D eigenvalue weighted by atomic mass is 35.5. The topological polar surface area (TPSA) is 134 Å². The molecule has 1 aromatic rings. The summed E-state index contributed by atoms with van der Waals surface area (Å²) in [6, 6.07) is 7.18. The second-order valence-corrected chi connectivity index (χ2v) is 10.8. The van der Waals surface area contributed by atoms with Gasteiger partial charge in [0.1, 0.15) is 0 Å². The fourth-order valence-corrected chi connectivity index (χ4v) is 5.50. The highest BCUT2D eigenvalue weighted by Crippen LogP contribution is 2.46. The Morgan fingerprint density at radius 1 is 1.24 bits per heavy atom. The maximum absolute atomic E-state index is 12.8. The second-order valence-electron chi connectivity index (χ2n) is 10.4. The number of guanidine groups is 1. The minimum absolute atomic E-state index is 0.0451. The number of likely N-dealkylation sites (tertiary alicyclic amines) is 1. The van der Waals surface area contributed by atoms with Crippen molar-refractivity contribution in [2.24, 2.45) is 27.8 Å². The molecular weight excluding hydrogens is 454 g/mol. The molecule has 0 radical (unpaired) electrons. The number of carbonyl (C=O) groups excluding carboxylic acids is 2. The molecule has 1 heterocycles. The number of aliphatic imine (C=N–C) groups is 1. The third kappa shape index (κ3) is 6.49. The van der Waals surface area contributed by atoms with Crippen molar-refractivity contribution in [3.63, 3.8) is 0 Å². The number of benzene rings is 1. The summed E-state index contributed by atoms with van der Waals surface area (Å²) in [5.74, 6) is -0.540. The molecule has 9 heteroatoms. The maximum atomic E-state index is 12.8. The Balaban J connectivity index is 1.68. The van der Waals surface area contributed by atoms with Crippen LogP contribution in [-0.4, -0.2) is 53.5 Å². The van der Waals surface area contributed by atoms with E-state index in [1.165, 1.54) is 0 Å². The van der Waals surface area contributed by atoms with Crippen LogP contribution in [0.4, 0.5) is 0 Å². The molecule has 2 unspecified atom stereocenters. The van der Waals surface area contributed by atoms with Gasteiger partial charge in [0.2, 0.25) is 11.8 Å². The number of rotatable bonds is 8. The molecule has 0 aromatic heterocycles. The van der Waals surface area contributed by atoms with Gasteiger partial charge in [0.25, 0.3) is 0 Å². The average molecular weight is 492 g/mol. The molecule has 2 fully saturated rings. The Bertz CT molecular complexity index is 894. The van der Waals surface area contributed by atoms with Gasteiger partial charge < -0.3 is 26.8 Å². The van der Waals surface area contributed by atoms with Crippen molar-refractivity contribution in [2.75, 3.05) is 19.6 Å². The molecule has 1 saturated heterocycles. The fourth-order valence-electron chi connectivity index (χ4n) is 5.37. The van der Waals surface area contributed by atoms with Crippen LogP contribution in [0.2, 0.25) is 5.02 Å². The molecule has 1 aliphatic heterocycles. The van der Waals surface area contributed by atoms with Crippen molar-refractivity contribution in [3.05, 3.63) is 34.9 Å². The normalized spacial score (nSPS) is 23.9. The largest absolute Gasteiger partial charge is 0.385 e. The molecular formula is C25H38ClN5O3. The van der Waals surface area contributed by atoms with Gasteiger partial charge in [-0.2, -0.15) is 4.99 Å². The van der Waals surface area contributed by atoms with E-state index in [-0.39, 0.29) is 30.2 Å². The fraction of sp³-hybridized carbons (Fsp3) is 0.640. The Morgan fingerprint density at radius 2 is 1.88 bits per heavy atom. The van der Waals surface area contributed by atoms with Crippen LogP contribution in [0.15, 0.2) is 29.3 Å². The molecule has 1 aromatic carbocycles. The lowest BCUT2D eigenvalue weighted by atomic mass is 9.66. The van der Waals surface area contributed by atoms with Crippen LogP contribution in [0.5, 0.6) is 0 Å². The Hall–Kier alpha value is -2.16. The standard InChI is InChI=1S/C25H38ClN5O3/c1-24(2)16-31(14-13-25(24,34)18-7-9-19(26)10-8-18)15-20(11-12-21(32)30-23(27)28)29-22(33)17-5-3-4-6-17/h7-10,17,20,34H,3-6,11-16H2,1-2H3,(H,29,33)(H4,27,28,30,32). The molecule has 6 N–H and O–H groups in total. The van der Waals surface area contributed by atoms with Gasteiger partial charge in [-0.1, -0.05) is 50.4 Å². The monoisotopic (exact) mass is 491 g/mol. The summed E-state index contributed by atoms with van der Waals surface area (Å²) in [6.07, 6.45) is 5.14. The molecule has 0 spiro atoms. The number of nitrogens with two attached hydrogens (primary N) is 2. The first-order valence-corrected chi connectivity index (χ1v) is 12.5. The highest BCUT2D eigenvalue weighted by molar-refractivity contribution is 6.30. The summed E-state index contributed by atoms with van der Waals surface area (Å²) in [6.45, 7) is 6.02. The number of piperidine rings is 1. The number of hydrogen-bond acceptors (Lipinski definition) is 4. The van der Waals surface area contributed by atoms with E-state index < -0.39 is 16.9 Å². The summed E-state index contributed by atoms with van der Waals surface area (Å²) < 4.78 is 0. The van der Waals surface area contributed by atoms with E-state index in [2.05, 4.69) is 29.1 Å². The summed E-state index contributed by atoms with van der Waals surface area (Å²) in [4.78, 5) is 30.7.